The van der Waals surface area contributed by atoms with Crippen molar-refractivity contribution in [3.05, 3.63) is 23.8 Å². The van der Waals surface area contributed by atoms with Crippen molar-refractivity contribution in [1.82, 2.24) is 5.32 Å². The summed E-state index contributed by atoms with van der Waals surface area (Å²) in [4.78, 5) is 24.4. The molecule has 0 saturated carbocycles. The zero-order chi connectivity index (χ0) is 18.4. The minimum Gasteiger partial charge on any atom is -0.507 e. The molecule has 0 aliphatic carbocycles. The molecule has 1 aromatic carbocycles. The first-order chi connectivity index (χ1) is 11.9. The lowest BCUT2D eigenvalue weighted by Gasteiger charge is -2.21. The van der Waals surface area contributed by atoms with Crippen LogP contribution in [0.5, 0.6) is 5.75 Å². The quantitative estimate of drug-likeness (QED) is 0.500. The number of amidine groups is 1. The standard InChI is InChI=1S/C16H20N4O4S/c1-3-20(4-2)11-6-5-10(12(21)7-11)9-17-19-16-18-15(24)13(25-16)8-14(22)23/h5-7,9,13,21H,3-4,8H2,1-2H3,(H,22,23)(H,18,19,24)/b17-9-/t13-/m1/s1. The molecule has 2 rings (SSSR count). The van der Waals surface area contributed by atoms with Gasteiger partial charge in [-0.15, -0.1) is 5.10 Å². The molecule has 1 heterocycles. The van der Waals surface area contributed by atoms with Crippen molar-refractivity contribution in [2.45, 2.75) is 25.5 Å². The Morgan fingerprint density at radius 3 is 2.72 bits per heavy atom. The van der Waals surface area contributed by atoms with Crippen LogP contribution in [0.4, 0.5) is 5.69 Å². The highest BCUT2D eigenvalue weighted by molar-refractivity contribution is 8.15. The predicted molar refractivity (Wildman–Crippen MR) is 98.5 cm³/mol. The molecule has 0 bridgehead atoms. The summed E-state index contributed by atoms with van der Waals surface area (Å²) in [5.74, 6) is -1.36. The lowest BCUT2D eigenvalue weighted by Crippen LogP contribution is -2.26. The predicted octanol–water partition coefficient (Wildman–Crippen LogP) is 1.63. The maximum atomic E-state index is 11.6. The molecule has 1 aliphatic heterocycles. The first-order valence-electron chi connectivity index (χ1n) is 7.82. The van der Waals surface area contributed by atoms with Crippen molar-refractivity contribution < 1.29 is 19.8 Å². The summed E-state index contributed by atoms with van der Waals surface area (Å²) in [6.45, 7) is 5.76. The lowest BCUT2D eigenvalue weighted by molar-refractivity contribution is -0.138. The van der Waals surface area contributed by atoms with Crippen LogP contribution < -0.4 is 10.2 Å². The maximum absolute atomic E-state index is 11.6. The summed E-state index contributed by atoms with van der Waals surface area (Å²) in [5, 5.41) is 28.6. The van der Waals surface area contributed by atoms with Gasteiger partial charge in [0, 0.05) is 30.4 Å². The van der Waals surface area contributed by atoms with Crippen LogP contribution in [-0.2, 0) is 9.59 Å². The number of thioether (sulfide) groups is 1. The number of carbonyl (C=O) groups excluding carboxylic acids is 1. The molecule has 0 radical (unpaired) electrons. The van der Waals surface area contributed by atoms with Gasteiger partial charge in [0.2, 0.25) is 5.91 Å². The van der Waals surface area contributed by atoms with E-state index in [1.807, 2.05) is 19.9 Å². The van der Waals surface area contributed by atoms with Crippen LogP contribution in [0.2, 0.25) is 0 Å². The van der Waals surface area contributed by atoms with E-state index in [4.69, 9.17) is 5.11 Å². The minimum atomic E-state index is -1.05. The molecule has 0 aromatic heterocycles. The summed E-state index contributed by atoms with van der Waals surface area (Å²) in [7, 11) is 0. The van der Waals surface area contributed by atoms with Gasteiger partial charge in [-0.1, -0.05) is 11.8 Å². The van der Waals surface area contributed by atoms with Crippen LogP contribution in [0.15, 0.2) is 28.4 Å². The summed E-state index contributed by atoms with van der Waals surface area (Å²) < 4.78 is 0. The topological polar surface area (TPSA) is 115 Å². The molecule has 25 heavy (non-hydrogen) atoms. The third-order valence-corrected chi connectivity index (χ3v) is 4.70. The van der Waals surface area contributed by atoms with Gasteiger partial charge in [0.1, 0.15) is 11.0 Å². The molecular weight excluding hydrogens is 344 g/mol. The lowest BCUT2D eigenvalue weighted by atomic mass is 10.2. The summed E-state index contributed by atoms with van der Waals surface area (Å²) in [6, 6.07) is 5.28. The highest BCUT2D eigenvalue weighted by atomic mass is 32.2. The van der Waals surface area contributed by atoms with E-state index in [0.717, 1.165) is 30.5 Å². The first kappa shape index (κ1) is 18.8. The number of carboxylic acids is 1. The van der Waals surface area contributed by atoms with E-state index < -0.39 is 17.1 Å². The van der Waals surface area contributed by atoms with E-state index in [1.165, 1.54) is 6.21 Å². The molecule has 3 N–H and O–H groups in total. The van der Waals surface area contributed by atoms with Gasteiger partial charge in [0.05, 0.1) is 12.6 Å². The number of nitrogens with zero attached hydrogens (tertiary/aromatic N) is 3. The van der Waals surface area contributed by atoms with E-state index in [1.54, 1.807) is 12.1 Å². The van der Waals surface area contributed by atoms with Gasteiger partial charge in [-0.05, 0) is 26.0 Å². The largest absolute Gasteiger partial charge is 0.507 e. The fraction of sp³-hybridized carbons (Fsp3) is 0.375. The van der Waals surface area contributed by atoms with Crippen molar-refractivity contribution in [3.63, 3.8) is 0 Å². The molecule has 0 spiro atoms. The average Bonchev–Trinajstić information content (AvgIpc) is 2.89. The summed E-state index contributed by atoms with van der Waals surface area (Å²) in [6.07, 6.45) is 1.11. The van der Waals surface area contributed by atoms with Gasteiger partial charge in [0.25, 0.3) is 0 Å². The number of anilines is 1. The number of hydrogen-bond acceptors (Lipinski definition) is 7. The summed E-state index contributed by atoms with van der Waals surface area (Å²) in [5.41, 5.74) is 1.41. The van der Waals surface area contributed by atoms with Gasteiger partial charge in [-0.2, -0.15) is 5.10 Å². The van der Waals surface area contributed by atoms with Crippen LogP contribution in [0.25, 0.3) is 0 Å². The highest BCUT2D eigenvalue weighted by Gasteiger charge is 2.32. The summed E-state index contributed by atoms with van der Waals surface area (Å²) >= 11 is 1.02. The number of nitrogens with one attached hydrogen (secondary N) is 1. The van der Waals surface area contributed by atoms with Gasteiger partial charge in [-0.3, -0.25) is 9.59 Å². The van der Waals surface area contributed by atoms with Crippen LogP contribution in [0.1, 0.15) is 25.8 Å². The Labute approximate surface area is 149 Å². The number of aromatic hydroxyl groups is 1. The maximum Gasteiger partial charge on any atom is 0.305 e. The number of aliphatic carboxylic acids is 1. The molecule has 1 amide bonds. The molecule has 1 aliphatic rings. The Morgan fingerprint density at radius 2 is 2.12 bits per heavy atom. The fourth-order valence-corrected chi connectivity index (χ4v) is 3.23. The number of benzene rings is 1. The van der Waals surface area contributed by atoms with Crippen LogP contribution >= 0.6 is 11.8 Å². The number of phenolic OH excluding ortho intramolecular Hbond substituents is 1. The molecule has 9 heteroatoms. The second-order valence-electron chi connectivity index (χ2n) is 5.26. The van der Waals surface area contributed by atoms with Crippen LogP contribution in [0, 0.1) is 0 Å². The zero-order valence-electron chi connectivity index (χ0n) is 14.0. The number of amides is 1. The smallest absolute Gasteiger partial charge is 0.305 e. The van der Waals surface area contributed by atoms with Crippen molar-refractivity contribution in [3.8, 4) is 5.75 Å². The SMILES string of the molecule is CCN(CC)c1ccc(/C=N\N=C2\NC(=O)[C@@H](CC(=O)O)S2)c(O)c1. The second kappa shape index (κ2) is 8.52. The fourth-order valence-electron chi connectivity index (χ4n) is 2.32. The third kappa shape index (κ3) is 4.96. The van der Waals surface area contributed by atoms with Gasteiger partial charge >= 0.3 is 5.97 Å². The Morgan fingerprint density at radius 1 is 1.40 bits per heavy atom. The van der Waals surface area contributed by atoms with Crippen molar-refractivity contribution >= 4 is 40.7 Å². The first-order valence-corrected chi connectivity index (χ1v) is 8.70. The molecule has 1 aromatic rings. The van der Waals surface area contributed by atoms with E-state index in [2.05, 4.69) is 20.4 Å². The Balaban J connectivity index is 2.05. The van der Waals surface area contributed by atoms with E-state index in [0.29, 0.717) is 5.56 Å². The van der Waals surface area contributed by atoms with E-state index in [9.17, 15) is 14.7 Å². The Kier molecular flexibility index (Phi) is 6.40. The van der Waals surface area contributed by atoms with Crippen molar-refractivity contribution in [2.24, 2.45) is 10.2 Å². The van der Waals surface area contributed by atoms with Gasteiger partial charge < -0.3 is 20.4 Å². The van der Waals surface area contributed by atoms with Crippen LogP contribution in [-0.4, -0.2) is 51.8 Å². The van der Waals surface area contributed by atoms with Gasteiger partial charge in [0.15, 0.2) is 5.17 Å². The van der Waals surface area contributed by atoms with Gasteiger partial charge in [-0.25, -0.2) is 0 Å². The molecule has 134 valence electrons. The number of carboxylic acid groups (broad SMARTS) is 1. The number of carbonyl (C=O) groups is 2. The van der Waals surface area contributed by atoms with Crippen molar-refractivity contribution in [1.29, 1.82) is 0 Å². The van der Waals surface area contributed by atoms with Crippen molar-refractivity contribution in [2.75, 3.05) is 18.0 Å². The highest BCUT2D eigenvalue weighted by Crippen LogP contribution is 2.24. The Hall–Kier alpha value is -2.55. The Bertz CT molecular complexity index is 716. The molecule has 8 nitrogen and oxygen atoms in total. The van der Waals surface area contributed by atoms with Crippen LogP contribution in [0.3, 0.4) is 0 Å². The monoisotopic (exact) mass is 364 g/mol. The number of hydrogen-bond donors (Lipinski definition) is 3. The minimum absolute atomic E-state index is 0.0835. The molecule has 1 fully saturated rings. The number of rotatable bonds is 7. The third-order valence-electron chi connectivity index (χ3n) is 3.62. The molecule has 0 unspecified atom stereocenters. The second-order valence-corrected chi connectivity index (χ2v) is 6.45. The van der Waals surface area contributed by atoms with E-state index >= 15 is 0 Å². The average molecular weight is 364 g/mol. The number of phenols is 1. The zero-order valence-corrected chi connectivity index (χ0v) is 14.8. The molecule has 1 saturated heterocycles. The normalized spacial score (nSPS) is 18.7. The van der Waals surface area contributed by atoms with E-state index in [-0.39, 0.29) is 17.3 Å². The molecular formula is C16H20N4O4S. The molecule has 1 atom stereocenters.